The van der Waals surface area contributed by atoms with Crippen molar-refractivity contribution in [3.8, 4) is 6.07 Å². The summed E-state index contributed by atoms with van der Waals surface area (Å²) in [7, 11) is 0. The molecule has 4 nitrogen and oxygen atoms in total. The first-order valence-electron chi connectivity index (χ1n) is 5.84. The van der Waals surface area contributed by atoms with Crippen LogP contribution >= 0.6 is 0 Å². The highest BCUT2D eigenvalue weighted by Gasteiger charge is 2.26. The van der Waals surface area contributed by atoms with Gasteiger partial charge in [0.05, 0.1) is 29.1 Å². The Kier molecular flexibility index (Phi) is 3.21. The van der Waals surface area contributed by atoms with Crippen LogP contribution in [0.1, 0.15) is 18.9 Å². The van der Waals surface area contributed by atoms with E-state index in [9.17, 15) is 5.11 Å². The second-order valence-electron chi connectivity index (χ2n) is 4.62. The molecule has 1 aromatic carbocycles. The number of hydrogen-bond acceptors (Lipinski definition) is 4. The molecule has 2 rings (SSSR count). The molecule has 1 aliphatic heterocycles. The molecule has 1 aromatic rings. The van der Waals surface area contributed by atoms with Crippen molar-refractivity contribution in [3.63, 3.8) is 0 Å². The average molecular weight is 231 g/mol. The van der Waals surface area contributed by atoms with Crippen molar-refractivity contribution in [2.24, 2.45) is 5.92 Å². The number of anilines is 2. The Bertz CT molecular complexity index is 450. The van der Waals surface area contributed by atoms with Gasteiger partial charge < -0.3 is 15.7 Å². The number of aliphatic hydroxyl groups is 1. The fourth-order valence-corrected chi connectivity index (χ4v) is 2.31. The van der Waals surface area contributed by atoms with Crippen LogP contribution in [0.5, 0.6) is 0 Å². The second kappa shape index (κ2) is 4.64. The van der Waals surface area contributed by atoms with Gasteiger partial charge in [0.2, 0.25) is 0 Å². The van der Waals surface area contributed by atoms with Crippen molar-refractivity contribution in [1.29, 1.82) is 5.26 Å². The molecule has 0 spiro atoms. The number of nitrogens with zero attached hydrogens (tertiary/aromatic N) is 2. The molecule has 1 saturated heterocycles. The first-order valence-corrected chi connectivity index (χ1v) is 5.84. The topological polar surface area (TPSA) is 73.3 Å². The molecular formula is C13H17N3O. The minimum Gasteiger partial charge on any atom is -0.397 e. The first-order chi connectivity index (χ1) is 8.11. The maximum Gasteiger partial charge on any atom is 0.0992 e. The SMILES string of the molecule is CC(O)C1CCN(c2ccc(C#N)cc2N)C1. The largest absolute Gasteiger partial charge is 0.397 e. The number of aliphatic hydroxyl groups excluding tert-OH is 1. The zero-order valence-corrected chi connectivity index (χ0v) is 9.93. The number of nitrogen functional groups attached to an aromatic ring is 1. The molecular weight excluding hydrogens is 214 g/mol. The minimum absolute atomic E-state index is 0.278. The van der Waals surface area contributed by atoms with Crippen molar-refractivity contribution in [2.75, 3.05) is 23.7 Å². The van der Waals surface area contributed by atoms with Crippen LogP contribution in [0.2, 0.25) is 0 Å². The van der Waals surface area contributed by atoms with E-state index in [2.05, 4.69) is 11.0 Å². The van der Waals surface area contributed by atoms with Crippen molar-refractivity contribution >= 4 is 11.4 Å². The summed E-state index contributed by atoms with van der Waals surface area (Å²) in [4.78, 5) is 2.17. The molecule has 0 bridgehead atoms. The molecule has 17 heavy (non-hydrogen) atoms. The number of benzene rings is 1. The van der Waals surface area contributed by atoms with E-state index in [1.54, 1.807) is 12.1 Å². The third kappa shape index (κ3) is 2.34. The highest BCUT2D eigenvalue weighted by molar-refractivity contribution is 5.69. The van der Waals surface area contributed by atoms with Gasteiger partial charge >= 0.3 is 0 Å². The molecule has 90 valence electrons. The fourth-order valence-electron chi connectivity index (χ4n) is 2.31. The van der Waals surface area contributed by atoms with Crippen LogP contribution in [-0.4, -0.2) is 24.3 Å². The zero-order valence-electron chi connectivity index (χ0n) is 9.93. The van der Waals surface area contributed by atoms with Crippen molar-refractivity contribution < 1.29 is 5.11 Å². The van der Waals surface area contributed by atoms with Crippen LogP contribution in [0, 0.1) is 17.2 Å². The summed E-state index contributed by atoms with van der Waals surface area (Å²) in [5.74, 6) is 0.310. The Morgan fingerprint density at radius 1 is 1.59 bits per heavy atom. The third-order valence-corrected chi connectivity index (χ3v) is 3.40. The van der Waals surface area contributed by atoms with E-state index in [0.29, 0.717) is 17.2 Å². The fraction of sp³-hybridized carbons (Fsp3) is 0.462. The minimum atomic E-state index is -0.278. The molecule has 2 unspecified atom stereocenters. The van der Waals surface area contributed by atoms with Gasteiger partial charge in [-0.25, -0.2) is 0 Å². The molecule has 0 amide bonds. The van der Waals surface area contributed by atoms with Crippen LogP contribution in [0.3, 0.4) is 0 Å². The van der Waals surface area contributed by atoms with Crippen LogP contribution < -0.4 is 10.6 Å². The molecule has 2 atom stereocenters. The summed E-state index contributed by atoms with van der Waals surface area (Å²) >= 11 is 0. The molecule has 1 aliphatic rings. The van der Waals surface area contributed by atoms with Crippen LogP contribution in [0.15, 0.2) is 18.2 Å². The lowest BCUT2D eigenvalue weighted by molar-refractivity contribution is 0.136. The maximum absolute atomic E-state index is 9.57. The quantitative estimate of drug-likeness (QED) is 0.753. The monoisotopic (exact) mass is 231 g/mol. The lowest BCUT2D eigenvalue weighted by atomic mass is 10.0. The predicted molar refractivity (Wildman–Crippen MR) is 67.6 cm³/mol. The summed E-state index contributed by atoms with van der Waals surface area (Å²) < 4.78 is 0. The van der Waals surface area contributed by atoms with Crippen molar-refractivity contribution in [2.45, 2.75) is 19.4 Å². The van der Waals surface area contributed by atoms with Crippen molar-refractivity contribution in [3.05, 3.63) is 23.8 Å². The number of nitriles is 1. The van der Waals surface area contributed by atoms with Gasteiger partial charge in [-0.2, -0.15) is 5.26 Å². The van der Waals surface area contributed by atoms with E-state index in [0.717, 1.165) is 25.2 Å². The second-order valence-corrected chi connectivity index (χ2v) is 4.62. The van der Waals surface area contributed by atoms with Crippen LogP contribution in [0.25, 0.3) is 0 Å². The van der Waals surface area contributed by atoms with E-state index in [1.807, 2.05) is 13.0 Å². The van der Waals surface area contributed by atoms with Crippen LogP contribution in [-0.2, 0) is 0 Å². The van der Waals surface area contributed by atoms with Gasteiger partial charge in [0.15, 0.2) is 0 Å². The van der Waals surface area contributed by atoms with Crippen LogP contribution in [0.4, 0.5) is 11.4 Å². The van der Waals surface area contributed by atoms with Gasteiger partial charge in [-0.05, 0) is 31.5 Å². The highest BCUT2D eigenvalue weighted by atomic mass is 16.3. The van der Waals surface area contributed by atoms with E-state index in [-0.39, 0.29) is 6.10 Å². The normalized spacial score (nSPS) is 21.2. The van der Waals surface area contributed by atoms with Gasteiger partial charge in [-0.1, -0.05) is 0 Å². The maximum atomic E-state index is 9.57. The first kappa shape index (κ1) is 11.7. The lowest BCUT2D eigenvalue weighted by Crippen LogP contribution is -2.24. The predicted octanol–water partition coefficient (Wildman–Crippen LogP) is 1.35. The summed E-state index contributed by atoms with van der Waals surface area (Å²) in [6, 6.07) is 7.44. The van der Waals surface area contributed by atoms with E-state index in [4.69, 9.17) is 11.0 Å². The lowest BCUT2D eigenvalue weighted by Gasteiger charge is -2.21. The Hall–Kier alpha value is -1.73. The third-order valence-electron chi connectivity index (χ3n) is 3.40. The Morgan fingerprint density at radius 3 is 2.88 bits per heavy atom. The number of hydrogen-bond donors (Lipinski definition) is 2. The summed E-state index contributed by atoms with van der Waals surface area (Å²) in [5, 5.41) is 18.3. The summed E-state index contributed by atoms with van der Waals surface area (Å²) in [5.41, 5.74) is 8.12. The average Bonchev–Trinajstić information content (AvgIpc) is 2.78. The van der Waals surface area contributed by atoms with Gasteiger partial charge in [0.1, 0.15) is 0 Å². The highest BCUT2D eigenvalue weighted by Crippen LogP contribution is 2.30. The van der Waals surface area contributed by atoms with Gasteiger partial charge in [0, 0.05) is 19.0 Å². The molecule has 4 heteroatoms. The van der Waals surface area contributed by atoms with E-state index in [1.165, 1.54) is 0 Å². The smallest absolute Gasteiger partial charge is 0.0992 e. The summed E-state index contributed by atoms with van der Waals surface area (Å²) in [6.07, 6.45) is 0.705. The van der Waals surface area contributed by atoms with E-state index >= 15 is 0 Å². The van der Waals surface area contributed by atoms with E-state index < -0.39 is 0 Å². The molecule has 0 aromatic heterocycles. The standard InChI is InChI=1S/C13H17N3O/c1-9(17)11-4-5-16(8-11)13-3-2-10(7-14)6-12(13)15/h2-3,6,9,11,17H,4-5,8,15H2,1H3. The van der Waals surface area contributed by atoms with Gasteiger partial charge in [-0.15, -0.1) is 0 Å². The molecule has 0 radical (unpaired) electrons. The molecule has 1 heterocycles. The number of nitrogens with two attached hydrogens (primary N) is 1. The van der Waals surface area contributed by atoms with Gasteiger partial charge in [-0.3, -0.25) is 0 Å². The zero-order chi connectivity index (χ0) is 12.4. The van der Waals surface area contributed by atoms with Crippen molar-refractivity contribution in [1.82, 2.24) is 0 Å². The number of rotatable bonds is 2. The molecule has 0 saturated carbocycles. The summed E-state index contributed by atoms with van der Waals surface area (Å²) in [6.45, 7) is 3.57. The Labute approximate surface area is 101 Å². The molecule has 0 aliphatic carbocycles. The Balaban J connectivity index is 2.17. The Morgan fingerprint density at radius 2 is 2.35 bits per heavy atom. The molecule has 1 fully saturated rings. The van der Waals surface area contributed by atoms with Gasteiger partial charge in [0.25, 0.3) is 0 Å². The molecule has 3 N–H and O–H groups in total.